The maximum absolute atomic E-state index is 11.5. The van der Waals surface area contributed by atoms with Crippen molar-refractivity contribution in [1.82, 2.24) is 20.6 Å². The van der Waals surface area contributed by atoms with Gasteiger partial charge >= 0.3 is 0 Å². The Bertz CT molecular complexity index is 382. The normalized spacial score (nSPS) is 12.1. The van der Waals surface area contributed by atoms with Crippen LogP contribution in [0.1, 0.15) is 17.4 Å². The van der Waals surface area contributed by atoms with E-state index in [1.165, 1.54) is 6.20 Å². The predicted octanol–water partition coefficient (Wildman–Crippen LogP) is -0.645. The highest BCUT2D eigenvalue weighted by Gasteiger charge is 2.08. The number of hydrogen-bond acceptors (Lipinski definition) is 4. The molecule has 1 amide bonds. The van der Waals surface area contributed by atoms with E-state index in [1.54, 1.807) is 0 Å². The van der Waals surface area contributed by atoms with Gasteiger partial charge in [-0.2, -0.15) is 0 Å². The SMILES string of the molecule is CNCC(C)CNC(=O)c1c[nH]c(=O)cn1. The molecule has 1 unspecified atom stereocenters. The quantitative estimate of drug-likeness (QED) is 0.620. The van der Waals surface area contributed by atoms with Crippen molar-refractivity contribution < 1.29 is 4.79 Å². The fourth-order valence-electron chi connectivity index (χ4n) is 1.24. The minimum Gasteiger partial charge on any atom is -0.350 e. The van der Waals surface area contributed by atoms with Gasteiger partial charge < -0.3 is 15.6 Å². The number of rotatable bonds is 5. The van der Waals surface area contributed by atoms with Gasteiger partial charge in [0.1, 0.15) is 5.69 Å². The topological polar surface area (TPSA) is 86.9 Å². The third-order valence-corrected chi connectivity index (χ3v) is 2.07. The minimum atomic E-state index is -0.319. The van der Waals surface area contributed by atoms with E-state index in [4.69, 9.17) is 0 Å². The molecule has 1 rings (SSSR count). The average Bonchev–Trinajstić information content (AvgIpc) is 2.27. The van der Waals surface area contributed by atoms with Crippen molar-refractivity contribution in [3.63, 3.8) is 0 Å². The molecule has 6 nitrogen and oxygen atoms in total. The lowest BCUT2D eigenvalue weighted by atomic mass is 10.2. The molecule has 0 saturated carbocycles. The summed E-state index contributed by atoms with van der Waals surface area (Å²) in [6.45, 7) is 3.43. The largest absolute Gasteiger partial charge is 0.350 e. The predicted molar refractivity (Wildman–Crippen MR) is 60.3 cm³/mol. The van der Waals surface area contributed by atoms with Gasteiger partial charge in [0, 0.05) is 12.7 Å². The molecule has 0 spiro atoms. The summed E-state index contributed by atoms with van der Waals surface area (Å²) in [7, 11) is 1.86. The number of amides is 1. The van der Waals surface area contributed by atoms with Crippen LogP contribution in [0.4, 0.5) is 0 Å². The van der Waals surface area contributed by atoms with E-state index < -0.39 is 0 Å². The number of carbonyl (C=O) groups is 1. The Kier molecular flexibility index (Phi) is 4.65. The van der Waals surface area contributed by atoms with Crippen LogP contribution >= 0.6 is 0 Å². The van der Waals surface area contributed by atoms with Gasteiger partial charge in [0.2, 0.25) is 0 Å². The van der Waals surface area contributed by atoms with Crippen LogP contribution in [0, 0.1) is 5.92 Å². The van der Waals surface area contributed by atoms with E-state index in [0.29, 0.717) is 12.5 Å². The number of nitrogens with one attached hydrogen (secondary N) is 3. The van der Waals surface area contributed by atoms with Crippen molar-refractivity contribution in [2.24, 2.45) is 5.92 Å². The summed E-state index contributed by atoms with van der Waals surface area (Å²) < 4.78 is 0. The van der Waals surface area contributed by atoms with Crippen LogP contribution in [-0.2, 0) is 0 Å². The summed E-state index contributed by atoms with van der Waals surface area (Å²) in [4.78, 5) is 28.4. The zero-order valence-electron chi connectivity index (χ0n) is 9.41. The van der Waals surface area contributed by atoms with Gasteiger partial charge in [0.25, 0.3) is 11.5 Å². The van der Waals surface area contributed by atoms with E-state index in [2.05, 4.69) is 20.6 Å². The molecular formula is C10H16N4O2. The van der Waals surface area contributed by atoms with Gasteiger partial charge in [-0.05, 0) is 19.5 Å². The molecular weight excluding hydrogens is 208 g/mol. The molecule has 0 bridgehead atoms. The first-order valence-electron chi connectivity index (χ1n) is 5.11. The molecule has 1 heterocycles. The Labute approximate surface area is 93.5 Å². The molecule has 0 aliphatic heterocycles. The molecule has 1 aromatic heterocycles. The van der Waals surface area contributed by atoms with Crippen molar-refractivity contribution in [2.45, 2.75) is 6.92 Å². The molecule has 0 saturated heterocycles. The summed E-state index contributed by atoms with van der Waals surface area (Å²) in [5.74, 6) is 0.0657. The lowest BCUT2D eigenvalue weighted by Gasteiger charge is -2.11. The van der Waals surface area contributed by atoms with Crippen molar-refractivity contribution in [3.05, 3.63) is 28.4 Å². The van der Waals surface area contributed by atoms with Gasteiger partial charge in [-0.1, -0.05) is 6.92 Å². The molecule has 0 aliphatic rings. The van der Waals surface area contributed by atoms with Crippen LogP contribution in [-0.4, -0.2) is 36.0 Å². The first-order valence-corrected chi connectivity index (χ1v) is 5.11. The average molecular weight is 224 g/mol. The van der Waals surface area contributed by atoms with Crippen molar-refractivity contribution in [2.75, 3.05) is 20.1 Å². The highest BCUT2D eigenvalue weighted by atomic mass is 16.2. The molecule has 0 aliphatic carbocycles. The summed E-state index contributed by atoms with van der Waals surface area (Å²) in [6.07, 6.45) is 2.40. The zero-order chi connectivity index (χ0) is 12.0. The fraction of sp³-hybridized carbons (Fsp3) is 0.500. The summed E-state index contributed by atoms with van der Waals surface area (Å²) in [6, 6.07) is 0. The van der Waals surface area contributed by atoms with Gasteiger partial charge in [-0.3, -0.25) is 9.59 Å². The van der Waals surface area contributed by atoms with Crippen molar-refractivity contribution in [3.8, 4) is 0 Å². The van der Waals surface area contributed by atoms with Gasteiger partial charge in [0.15, 0.2) is 0 Å². The number of H-pyrrole nitrogens is 1. The molecule has 16 heavy (non-hydrogen) atoms. The number of aromatic nitrogens is 2. The van der Waals surface area contributed by atoms with E-state index >= 15 is 0 Å². The van der Waals surface area contributed by atoms with Crippen LogP contribution in [0.25, 0.3) is 0 Å². The molecule has 3 N–H and O–H groups in total. The van der Waals surface area contributed by atoms with E-state index in [9.17, 15) is 9.59 Å². The first-order chi connectivity index (χ1) is 7.63. The third kappa shape index (κ3) is 3.82. The van der Waals surface area contributed by atoms with Crippen molar-refractivity contribution >= 4 is 5.91 Å². The second kappa shape index (κ2) is 6.02. The van der Waals surface area contributed by atoms with Crippen LogP contribution in [0.15, 0.2) is 17.2 Å². The van der Waals surface area contributed by atoms with Crippen LogP contribution in [0.5, 0.6) is 0 Å². The summed E-state index contributed by atoms with van der Waals surface area (Å²) in [5, 5.41) is 5.76. The summed E-state index contributed by atoms with van der Waals surface area (Å²) >= 11 is 0. The Hall–Kier alpha value is -1.69. The Morgan fingerprint density at radius 3 is 2.88 bits per heavy atom. The van der Waals surface area contributed by atoms with Crippen LogP contribution < -0.4 is 16.2 Å². The maximum atomic E-state index is 11.5. The molecule has 0 fully saturated rings. The maximum Gasteiger partial charge on any atom is 0.271 e. The molecule has 6 heteroatoms. The monoisotopic (exact) mass is 224 g/mol. The highest BCUT2D eigenvalue weighted by Crippen LogP contribution is 1.92. The van der Waals surface area contributed by atoms with Crippen LogP contribution in [0.2, 0.25) is 0 Å². The first kappa shape index (κ1) is 12.4. The standard InChI is InChI=1S/C10H16N4O2/c1-7(3-11-2)4-14-10(16)8-5-13-9(15)6-12-8/h5-7,11H,3-4H2,1-2H3,(H,13,15)(H,14,16). The van der Waals surface area contributed by atoms with Crippen LogP contribution in [0.3, 0.4) is 0 Å². The zero-order valence-corrected chi connectivity index (χ0v) is 9.41. The Morgan fingerprint density at radius 2 is 2.31 bits per heavy atom. The molecule has 1 aromatic rings. The molecule has 1 atom stereocenters. The smallest absolute Gasteiger partial charge is 0.271 e. The van der Waals surface area contributed by atoms with Gasteiger partial charge in [-0.15, -0.1) is 0 Å². The number of hydrogen-bond donors (Lipinski definition) is 3. The fourth-order valence-corrected chi connectivity index (χ4v) is 1.24. The third-order valence-electron chi connectivity index (χ3n) is 2.07. The number of nitrogens with zero attached hydrogens (tertiary/aromatic N) is 1. The molecule has 0 radical (unpaired) electrons. The Morgan fingerprint density at radius 1 is 1.56 bits per heavy atom. The molecule has 88 valence electrons. The van der Waals surface area contributed by atoms with E-state index in [1.807, 2.05) is 14.0 Å². The molecule has 0 aromatic carbocycles. The second-order valence-electron chi connectivity index (χ2n) is 3.67. The number of aromatic amines is 1. The second-order valence-corrected chi connectivity index (χ2v) is 3.67. The highest BCUT2D eigenvalue weighted by molar-refractivity contribution is 5.91. The number of carbonyl (C=O) groups excluding carboxylic acids is 1. The van der Waals surface area contributed by atoms with Gasteiger partial charge in [0.05, 0.1) is 6.20 Å². The van der Waals surface area contributed by atoms with E-state index in [0.717, 1.165) is 12.7 Å². The summed E-state index contributed by atoms with van der Waals surface area (Å²) in [5.41, 5.74) is -0.101. The lowest BCUT2D eigenvalue weighted by Crippen LogP contribution is -2.33. The van der Waals surface area contributed by atoms with Gasteiger partial charge in [-0.25, -0.2) is 4.98 Å². The minimum absolute atomic E-state index is 0.219. The Balaban J connectivity index is 2.46. The van der Waals surface area contributed by atoms with Crippen molar-refractivity contribution in [1.29, 1.82) is 0 Å². The lowest BCUT2D eigenvalue weighted by molar-refractivity contribution is 0.0942. The van der Waals surface area contributed by atoms with E-state index in [-0.39, 0.29) is 17.2 Å².